The summed E-state index contributed by atoms with van der Waals surface area (Å²) in [6, 6.07) is 12.0. The standard InChI is InChI=1S/C13H12BrClN2/c1-9(10-2-4-11(15)5-3-10)17-12-6-7-13(14)16-8-12/h2-9,17H,1H3. The quantitative estimate of drug-likeness (QED) is 0.833. The number of hydrogen-bond acceptors (Lipinski definition) is 2. The average Bonchev–Trinajstić information content (AvgIpc) is 2.33. The van der Waals surface area contributed by atoms with Crippen LogP contribution in [0.2, 0.25) is 5.02 Å². The lowest BCUT2D eigenvalue weighted by Crippen LogP contribution is -2.06. The van der Waals surface area contributed by atoms with Crippen molar-refractivity contribution >= 4 is 33.2 Å². The van der Waals surface area contributed by atoms with Crippen molar-refractivity contribution in [3.8, 4) is 0 Å². The summed E-state index contributed by atoms with van der Waals surface area (Å²) < 4.78 is 0.835. The number of aromatic nitrogens is 1. The van der Waals surface area contributed by atoms with Crippen molar-refractivity contribution in [3.05, 3.63) is 57.8 Å². The molecule has 1 aromatic carbocycles. The lowest BCUT2D eigenvalue weighted by atomic mass is 10.1. The summed E-state index contributed by atoms with van der Waals surface area (Å²) in [5, 5.41) is 4.13. The second kappa shape index (κ2) is 5.52. The number of rotatable bonds is 3. The number of pyridine rings is 1. The van der Waals surface area contributed by atoms with Gasteiger partial charge in [-0.25, -0.2) is 4.98 Å². The van der Waals surface area contributed by atoms with E-state index in [1.807, 2.05) is 36.4 Å². The predicted octanol–water partition coefficient (Wildman–Crippen LogP) is 4.67. The van der Waals surface area contributed by atoms with Crippen molar-refractivity contribution in [2.24, 2.45) is 0 Å². The van der Waals surface area contributed by atoms with Gasteiger partial charge < -0.3 is 5.32 Å². The van der Waals surface area contributed by atoms with E-state index in [4.69, 9.17) is 11.6 Å². The third kappa shape index (κ3) is 3.45. The summed E-state index contributed by atoms with van der Waals surface area (Å²) >= 11 is 9.17. The van der Waals surface area contributed by atoms with E-state index in [1.54, 1.807) is 6.20 Å². The van der Waals surface area contributed by atoms with E-state index in [2.05, 4.69) is 33.2 Å². The fraction of sp³-hybridized carbons (Fsp3) is 0.154. The van der Waals surface area contributed by atoms with E-state index in [0.717, 1.165) is 15.3 Å². The van der Waals surface area contributed by atoms with Gasteiger partial charge in [0.05, 0.1) is 11.9 Å². The van der Waals surface area contributed by atoms with E-state index in [9.17, 15) is 0 Å². The van der Waals surface area contributed by atoms with Crippen LogP contribution in [0.5, 0.6) is 0 Å². The van der Waals surface area contributed by atoms with Crippen LogP contribution in [0.15, 0.2) is 47.2 Å². The van der Waals surface area contributed by atoms with Crippen LogP contribution in [0.3, 0.4) is 0 Å². The van der Waals surface area contributed by atoms with E-state index < -0.39 is 0 Å². The lowest BCUT2D eigenvalue weighted by Gasteiger charge is -2.15. The highest BCUT2D eigenvalue weighted by atomic mass is 79.9. The first kappa shape index (κ1) is 12.4. The van der Waals surface area contributed by atoms with Crippen LogP contribution in [-0.4, -0.2) is 4.98 Å². The molecule has 2 rings (SSSR count). The Balaban J connectivity index is 2.08. The predicted molar refractivity (Wildman–Crippen MR) is 75.4 cm³/mol. The normalized spacial score (nSPS) is 12.2. The Kier molecular flexibility index (Phi) is 4.02. The van der Waals surface area contributed by atoms with Gasteiger partial charge in [-0.05, 0) is 52.7 Å². The smallest absolute Gasteiger partial charge is 0.106 e. The fourth-order valence-corrected chi connectivity index (χ4v) is 1.91. The van der Waals surface area contributed by atoms with Gasteiger partial charge in [0.1, 0.15) is 4.60 Å². The summed E-state index contributed by atoms with van der Waals surface area (Å²) in [7, 11) is 0. The molecule has 0 amide bonds. The van der Waals surface area contributed by atoms with Crippen molar-refractivity contribution in [2.75, 3.05) is 5.32 Å². The molecule has 0 aliphatic heterocycles. The first-order chi connectivity index (χ1) is 8.15. The zero-order valence-corrected chi connectivity index (χ0v) is 11.7. The van der Waals surface area contributed by atoms with E-state index in [0.29, 0.717) is 0 Å². The second-order valence-electron chi connectivity index (χ2n) is 3.79. The molecule has 1 heterocycles. The number of nitrogens with one attached hydrogen (secondary N) is 1. The highest BCUT2D eigenvalue weighted by Gasteiger charge is 2.05. The molecule has 1 N–H and O–H groups in total. The van der Waals surface area contributed by atoms with Gasteiger partial charge in [0.15, 0.2) is 0 Å². The second-order valence-corrected chi connectivity index (χ2v) is 5.04. The van der Waals surface area contributed by atoms with Crippen LogP contribution >= 0.6 is 27.5 Å². The molecule has 0 aliphatic rings. The zero-order chi connectivity index (χ0) is 12.3. The maximum atomic E-state index is 5.86. The van der Waals surface area contributed by atoms with Crippen molar-refractivity contribution in [1.82, 2.24) is 4.98 Å². The summed E-state index contributed by atoms with van der Waals surface area (Å²) in [4.78, 5) is 4.17. The van der Waals surface area contributed by atoms with Gasteiger partial charge in [0, 0.05) is 11.1 Å². The Bertz CT molecular complexity index is 482. The van der Waals surface area contributed by atoms with Crippen molar-refractivity contribution in [1.29, 1.82) is 0 Å². The van der Waals surface area contributed by atoms with Crippen LogP contribution in [0.1, 0.15) is 18.5 Å². The van der Waals surface area contributed by atoms with E-state index in [1.165, 1.54) is 5.56 Å². The van der Waals surface area contributed by atoms with Crippen molar-refractivity contribution in [3.63, 3.8) is 0 Å². The van der Waals surface area contributed by atoms with Crippen molar-refractivity contribution < 1.29 is 0 Å². The summed E-state index contributed by atoms with van der Waals surface area (Å²) in [6.07, 6.45) is 1.80. The molecule has 0 saturated heterocycles. The van der Waals surface area contributed by atoms with Gasteiger partial charge in [-0.1, -0.05) is 23.7 Å². The number of halogens is 2. The van der Waals surface area contributed by atoms with Gasteiger partial charge in [0.25, 0.3) is 0 Å². The maximum absolute atomic E-state index is 5.86. The topological polar surface area (TPSA) is 24.9 Å². The summed E-state index contributed by atoms with van der Waals surface area (Å²) in [5.41, 5.74) is 2.19. The Morgan fingerprint density at radius 3 is 2.47 bits per heavy atom. The third-order valence-electron chi connectivity index (χ3n) is 2.48. The Hall–Kier alpha value is -1.06. The van der Waals surface area contributed by atoms with E-state index in [-0.39, 0.29) is 6.04 Å². The van der Waals surface area contributed by atoms with Crippen LogP contribution < -0.4 is 5.32 Å². The van der Waals surface area contributed by atoms with Crippen LogP contribution in [-0.2, 0) is 0 Å². The molecule has 0 saturated carbocycles. The Morgan fingerprint density at radius 2 is 1.88 bits per heavy atom. The minimum Gasteiger partial charge on any atom is -0.377 e. The SMILES string of the molecule is CC(Nc1ccc(Br)nc1)c1ccc(Cl)cc1. The van der Waals surface area contributed by atoms with Crippen LogP contribution in [0.25, 0.3) is 0 Å². The first-order valence-corrected chi connectivity index (χ1v) is 6.46. The van der Waals surface area contributed by atoms with Gasteiger partial charge in [-0.15, -0.1) is 0 Å². The number of hydrogen-bond donors (Lipinski definition) is 1. The van der Waals surface area contributed by atoms with E-state index >= 15 is 0 Å². The number of benzene rings is 1. The number of nitrogens with zero attached hydrogens (tertiary/aromatic N) is 1. The van der Waals surface area contributed by atoms with Gasteiger partial charge in [0.2, 0.25) is 0 Å². The van der Waals surface area contributed by atoms with Gasteiger partial charge in [-0.3, -0.25) is 0 Å². The Labute approximate surface area is 114 Å². The molecule has 1 atom stereocenters. The molecular formula is C13H12BrClN2. The molecule has 1 unspecified atom stereocenters. The molecule has 17 heavy (non-hydrogen) atoms. The third-order valence-corrected chi connectivity index (χ3v) is 3.20. The van der Waals surface area contributed by atoms with Gasteiger partial charge >= 0.3 is 0 Å². The van der Waals surface area contributed by atoms with Crippen molar-refractivity contribution in [2.45, 2.75) is 13.0 Å². The minimum atomic E-state index is 0.218. The molecule has 0 spiro atoms. The first-order valence-electron chi connectivity index (χ1n) is 5.29. The van der Waals surface area contributed by atoms with Crippen LogP contribution in [0.4, 0.5) is 5.69 Å². The minimum absolute atomic E-state index is 0.218. The fourth-order valence-electron chi connectivity index (χ4n) is 1.55. The molecular weight excluding hydrogens is 300 g/mol. The zero-order valence-electron chi connectivity index (χ0n) is 9.32. The number of anilines is 1. The highest BCUT2D eigenvalue weighted by Crippen LogP contribution is 2.21. The summed E-state index contributed by atoms with van der Waals surface area (Å²) in [6.45, 7) is 2.10. The molecule has 0 radical (unpaired) electrons. The molecule has 0 fully saturated rings. The monoisotopic (exact) mass is 310 g/mol. The molecule has 4 heteroatoms. The molecule has 2 aromatic rings. The maximum Gasteiger partial charge on any atom is 0.106 e. The van der Waals surface area contributed by atoms with Gasteiger partial charge in [-0.2, -0.15) is 0 Å². The molecule has 2 nitrogen and oxygen atoms in total. The lowest BCUT2D eigenvalue weighted by molar-refractivity contribution is 0.882. The largest absolute Gasteiger partial charge is 0.377 e. The summed E-state index contributed by atoms with van der Waals surface area (Å²) in [5.74, 6) is 0. The molecule has 0 bridgehead atoms. The highest BCUT2D eigenvalue weighted by molar-refractivity contribution is 9.10. The molecule has 88 valence electrons. The Morgan fingerprint density at radius 1 is 1.18 bits per heavy atom. The van der Waals surface area contributed by atoms with Crippen LogP contribution in [0, 0.1) is 0 Å². The molecule has 0 aliphatic carbocycles. The average molecular weight is 312 g/mol. The molecule has 1 aromatic heterocycles.